The molecule has 0 radical (unpaired) electrons. The maximum atomic E-state index is 14.5. The molecule has 0 bridgehead atoms. The summed E-state index contributed by atoms with van der Waals surface area (Å²) in [5, 5.41) is 12.9. The molecule has 0 aliphatic carbocycles. The number of nitrogens with one attached hydrogen (secondary N) is 2. The number of rotatable bonds is 6. The molecule has 3 heterocycles. The lowest BCUT2D eigenvalue weighted by Gasteiger charge is -2.15. The topological polar surface area (TPSA) is 102 Å². The van der Waals surface area contributed by atoms with Crippen LogP contribution in [0, 0.1) is 5.82 Å². The van der Waals surface area contributed by atoms with Crippen LogP contribution < -0.4 is 10.1 Å². The van der Waals surface area contributed by atoms with Gasteiger partial charge in [0.25, 0.3) is 0 Å². The first-order valence-electron chi connectivity index (χ1n) is 9.80. The van der Waals surface area contributed by atoms with Crippen LogP contribution in [0.1, 0.15) is 5.56 Å². The van der Waals surface area contributed by atoms with Gasteiger partial charge in [0.15, 0.2) is 23.0 Å². The molecule has 5 rings (SSSR count). The summed E-state index contributed by atoms with van der Waals surface area (Å²) in [6.45, 7) is 0.534. The highest BCUT2D eigenvalue weighted by Crippen LogP contribution is 2.36. The van der Waals surface area contributed by atoms with E-state index in [4.69, 9.17) is 16.3 Å². The number of methoxy groups -OCH3 is 1. The largest absolute Gasteiger partial charge is 0.494 e. The Morgan fingerprint density at radius 2 is 2.03 bits per heavy atom. The van der Waals surface area contributed by atoms with Crippen molar-refractivity contribution in [2.45, 2.75) is 6.42 Å². The first-order valence-corrected chi connectivity index (χ1v) is 10.2. The van der Waals surface area contributed by atoms with Crippen LogP contribution in [0.15, 0.2) is 49.2 Å². The van der Waals surface area contributed by atoms with E-state index in [1.54, 1.807) is 30.7 Å². The highest BCUT2D eigenvalue weighted by molar-refractivity contribution is 6.36. The molecule has 0 spiro atoms. The number of benzene rings is 2. The molecular formula is C22H17ClFN7O. The van der Waals surface area contributed by atoms with Crippen molar-refractivity contribution in [2.24, 2.45) is 0 Å². The minimum Gasteiger partial charge on any atom is -0.494 e. The van der Waals surface area contributed by atoms with Crippen LogP contribution in [-0.2, 0) is 6.42 Å². The fourth-order valence-electron chi connectivity index (χ4n) is 3.71. The number of ether oxygens (including phenoxy) is 1. The lowest BCUT2D eigenvalue weighted by Crippen LogP contribution is -2.08. The second-order valence-electron chi connectivity index (χ2n) is 7.03. The van der Waals surface area contributed by atoms with Crippen LogP contribution in [0.5, 0.6) is 5.75 Å². The molecule has 0 saturated heterocycles. The van der Waals surface area contributed by atoms with Gasteiger partial charge in [0.05, 0.1) is 24.7 Å². The Bertz CT molecular complexity index is 1440. The van der Waals surface area contributed by atoms with Gasteiger partial charge in [0, 0.05) is 17.5 Å². The summed E-state index contributed by atoms with van der Waals surface area (Å²) in [6.07, 6.45) is 5.20. The van der Waals surface area contributed by atoms with Crippen molar-refractivity contribution in [3.63, 3.8) is 0 Å². The molecule has 0 aliphatic heterocycles. The van der Waals surface area contributed by atoms with E-state index >= 15 is 0 Å². The number of aromatic amines is 1. The SMILES string of the molecule is COc1ccc(-c2c(CCNc3ncnc4[nH]cnc34)cc(Cl)c3ccnnc23)cc1F. The number of anilines is 1. The number of imidazole rings is 1. The Hall–Kier alpha value is -3.85. The summed E-state index contributed by atoms with van der Waals surface area (Å²) in [4.78, 5) is 15.6. The summed E-state index contributed by atoms with van der Waals surface area (Å²) < 4.78 is 19.6. The molecule has 0 saturated carbocycles. The third kappa shape index (κ3) is 3.56. The predicted octanol–water partition coefficient (Wildman–Crippen LogP) is 4.42. The lowest BCUT2D eigenvalue weighted by molar-refractivity contribution is 0.386. The summed E-state index contributed by atoms with van der Waals surface area (Å²) in [7, 11) is 1.43. The van der Waals surface area contributed by atoms with E-state index in [0.29, 0.717) is 46.1 Å². The van der Waals surface area contributed by atoms with Crippen molar-refractivity contribution in [2.75, 3.05) is 19.0 Å². The van der Waals surface area contributed by atoms with Crippen LogP contribution in [0.3, 0.4) is 0 Å². The second kappa shape index (κ2) is 8.35. The molecule has 2 N–H and O–H groups in total. The predicted molar refractivity (Wildman–Crippen MR) is 120 cm³/mol. The molecule has 0 fully saturated rings. The van der Waals surface area contributed by atoms with Gasteiger partial charge in [-0.25, -0.2) is 19.3 Å². The Morgan fingerprint density at radius 1 is 1.12 bits per heavy atom. The first-order chi connectivity index (χ1) is 15.7. The zero-order valence-corrected chi connectivity index (χ0v) is 17.7. The van der Waals surface area contributed by atoms with Gasteiger partial charge < -0.3 is 15.0 Å². The first kappa shape index (κ1) is 20.1. The molecule has 8 nitrogen and oxygen atoms in total. The maximum Gasteiger partial charge on any atom is 0.165 e. The standard InChI is InChI=1S/C22H17ClFN7O/c1-32-17-3-2-12(9-16(17)24)18-13(8-15(23)14-5-7-30-31-19(14)18)4-6-25-21-20-22(27-10-26-20)29-11-28-21/h2-3,5,7-11H,4,6H2,1H3,(H2,25,26,27,28,29). The summed E-state index contributed by atoms with van der Waals surface area (Å²) in [6, 6.07) is 8.51. The van der Waals surface area contributed by atoms with Crippen LogP contribution >= 0.6 is 11.6 Å². The summed E-state index contributed by atoms with van der Waals surface area (Å²) >= 11 is 6.54. The molecule has 2 aromatic carbocycles. The fourth-order valence-corrected chi connectivity index (χ4v) is 4.00. The molecule has 0 unspecified atom stereocenters. The molecule has 32 heavy (non-hydrogen) atoms. The van der Waals surface area contributed by atoms with Crippen molar-refractivity contribution in [3.8, 4) is 16.9 Å². The molecule has 10 heteroatoms. The lowest BCUT2D eigenvalue weighted by atomic mass is 9.94. The number of aromatic nitrogens is 6. The maximum absolute atomic E-state index is 14.5. The molecular weight excluding hydrogens is 433 g/mol. The van der Waals surface area contributed by atoms with Crippen LogP contribution in [0.25, 0.3) is 33.2 Å². The molecule has 0 amide bonds. The summed E-state index contributed by atoms with van der Waals surface area (Å²) in [5.41, 5.74) is 4.25. The van der Waals surface area contributed by atoms with Crippen molar-refractivity contribution < 1.29 is 9.13 Å². The number of hydrogen-bond donors (Lipinski definition) is 2. The van der Waals surface area contributed by atoms with E-state index in [9.17, 15) is 4.39 Å². The van der Waals surface area contributed by atoms with Gasteiger partial charge in [-0.3, -0.25) is 0 Å². The van der Waals surface area contributed by atoms with Gasteiger partial charge in [-0.05, 0) is 41.8 Å². The highest BCUT2D eigenvalue weighted by atomic mass is 35.5. The van der Waals surface area contributed by atoms with E-state index < -0.39 is 5.82 Å². The fraction of sp³-hybridized carbons (Fsp3) is 0.136. The minimum atomic E-state index is -0.456. The zero-order chi connectivity index (χ0) is 22.1. The van der Waals surface area contributed by atoms with Crippen molar-refractivity contribution in [1.82, 2.24) is 30.1 Å². The molecule has 3 aromatic heterocycles. The molecule has 0 aliphatic rings. The van der Waals surface area contributed by atoms with Gasteiger partial charge in [-0.15, -0.1) is 5.10 Å². The zero-order valence-electron chi connectivity index (χ0n) is 16.9. The number of nitrogens with zero attached hydrogens (tertiary/aromatic N) is 5. The van der Waals surface area contributed by atoms with Crippen molar-refractivity contribution in [3.05, 3.63) is 65.6 Å². The average molecular weight is 450 g/mol. The van der Waals surface area contributed by atoms with E-state index in [1.165, 1.54) is 19.5 Å². The van der Waals surface area contributed by atoms with E-state index in [2.05, 4.69) is 35.5 Å². The van der Waals surface area contributed by atoms with Crippen LogP contribution in [-0.4, -0.2) is 43.8 Å². The average Bonchev–Trinajstić information content (AvgIpc) is 3.29. The number of halogens is 2. The Labute approximate surface area is 186 Å². The molecule has 0 atom stereocenters. The molecule has 5 aromatic rings. The van der Waals surface area contributed by atoms with Gasteiger partial charge in [0.1, 0.15) is 17.4 Å². The number of H-pyrrole nitrogens is 1. The number of fused-ring (bicyclic) bond motifs is 2. The van der Waals surface area contributed by atoms with Crippen LogP contribution in [0.2, 0.25) is 5.02 Å². The van der Waals surface area contributed by atoms with Gasteiger partial charge in [0.2, 0.25) is 0 Å². The highest BCUT2D eigenvalue weighted by Gasteiger charge is 2.17. The monoisotopic (exact) mass is 449 g/mol. The summed E-state index contributed by atoms with van der Waals surface area (Å²) in [5.74, 6) is 0.344. The minimum absolute atomic E-state index is 0.174. The van der Waals surface area contributed by atoms with E-state index in [1.807, 2.05) is 6.07 Å². The van der Waals surface area contributed by atoms with Crippen LogP contribution in [0.4, 0.5) is 10.2 Å². The smallest absolute Gasteiger partial charge is 0.165 e. The van der Waals surface area contributed by atoms with Gasteiger partial charge in [-0.1, -0.05) is 17.7 Å². The van der Waals surface area contributed by atoms with Gasteiger partial charge in [-0.2, -0.15) is 5.10 Å². The second-order valence-corrected chi connectivity index (χ2v) is 7.44. The number of hydrogen-bond acceptors (Lipinski definition) is 7. The van der Waals surface area contributed by atoms with Crippen molar-refractivity contribution in [1.29, 1.82) is 0 Å². The van der Waals surface area contributed by atoms with Crippen molar-refractivity contribution >= 4 is 39.5 Å². The third-order valence-electron chi connectivity index (χ3n) is 5.18. The quantitative estimate of drug-likeness (QED) is 0.395. The molecule has 160 valence electrons. The van der Waals surface area contributed by atoms with Gasteiger partial charge >= 0.3 is 0 Å². The van der Waals surface area contributed by atoms with E-state index in [-0.39, 0.29) is 5.75 Å². The Kier molecular flexibility index (Phi) is 5.24. The van der Waals surface area contributed by atoms with E-state index in [0.717, 1.165) is 16.5 Å². The Morgan fingerprint density at radius 3 is 2.88 bits per heavy atom. The Balaban J connectivity index is 1.54. The normalized spacial score (nSPS) is 11.2. The third-order valence-corrected chi connectivity index (χ3v) is 5.49.